The van der Waals surface area contributed by atoms with Gasteiger partial charge in [-0.2, -0.15) is 0 Å². The number of nitro benzene ring substituents is 1. The highest BCUT2D eigenvalue weighted by Crippen LogP contribution is 2.23. The zero-order valence-corrected chi connectivity index (χ0v) is 10.7. The highest BCUT2D eigenvalue weighted by molar-refractivity contribution is 5.78. The third-order valence-electron chi connectivity index (χ3n) is 3.15. The quantitative estimate of drug-likeness (QED) is 0.410. The molecule has 0 atom stereocenters. The van der Waals surface area contributed by atoms with E-state index >= 15 is 0 Å². The molecule has 0 radical (unpaired) electrons. The normalized spacial score (nSPS) is 10.7. The van der Waals surface area contributed by atoms with Crippen molar-refractivity contribution in [3.05, 3.63) is 75.0 Å². The van der Waals surface area contributed by atoms with E-state index in [4.69, 9.17) is 0 Å². The van der Waals surface area contributed by atoms with Crippen LogP contribution >= 0.6 is 0 Å². The second-order valence-electron chi connectivity index (χ2n) is 4.43. The van der Waals surface area contributed by atoms with E-state index in [9.17, 15) is 20.2 Å². The Morgan fingerprint density at radius 3 is 2.48 bits per heavy atom. The molecule has 0 spiro atoms. The minimum Gasteiger partial charge on any atom is -0.805 e. The van der Waals surface area contributed by atoms with Crippen molar-refractivity contribution < 1.29 is 9.35 Å². The molecule has 0 saturated carbocycles. The molecule has 0 saturated heterocycles. The van der Waals surface area contributed by atoms with Gasteiger partial charge in [-0.1, -0.05) is 30.3 Å². The van der Waals surface area contributed by atoms with Gasteiger partial charge >= 0.3 is 0 Å². The molecule has 0 aliphatic rings. The summed E-state index contributed by atoms with van der Waals surface area (Å²) in [5.41, 5.74) is 0.583. The lowest BCUT2D eigenvalue weighted by Crippen LogP contribution is -2.18. The predicted octanol–water partition coefficient (Wildman–Crippen LogP) is 2.48. The molecule has 0 N–H and O–H groups in total. The Morgan fingerprint density at radius 2 is 1.81 bits per heavy atom. The lowest BCUT2D eigenvalue weighted by atomic mass is 10.1. The molecule has 1 aromatic heterocycles. The monoisotopic (exact) mass is 283 g/mol. The zero-order chi connectivity index (χ0) is 15.0. The van der Waals surface area contributed by atoms with E-state index in [1.165, 1.54) is 12.1 Å². The van der Waals surface area contributed by atoms with Crippen LogP contribution in [0, 0.1) is 20.2 Å². The van der Waals surface area contributed by atoms with E-state index in [0.717, 1.165) is 12.3 Å². The molecule has 104 valence electrons. The van der Waals surface area contributed by atoms with E-state index < -0.39 is 4.92 Å². The maximum atomic E-state index is 12.4. The molecule has 2 aromatic carbocycles. The van der Waals surface area contributed by atoms with E-state index in [-0.39, 0.29) is 22.4 Å². The average Bonchev–Trinajstić information content (AvgIpc) is 2.51. The maximum absolute atomic E-state index is 12.4. The van der Waals surface area contributed by atoms with Crippen LogP contribution in [-0.4, -0.2) is 9.65 Å². The van der Waals surface area contributed by atoms with Gasteiger partial charge in [-0.05, 0) is 6.07 Å². The molecular weight excluding hydrogens is 274 g/mol. The Morgan fingerprint density at radius 1 is 1.10 bits per heavy atom. The Bertz CT molecular complexity index is 903. The molecule has 0 fully saturated rings. The van der Waals surface area contributed by atoms with Crippen LogP contribution < -0.4 is 4.43 Å². The third-order valence-corrected chi connectivity index (χ3v) is 3.15. The predicted molar refractivity (Wildman–Crippen MR) is 76.2 cm³/mol. The number of benzene rings is 2. The van der Waals surface area contributed by atoms with Gasteiger partial charge in [-0.15, -0.1) is 0 Å². The molecule has 3 rings (SSSR count). The number of fused-ring (bicyclic) bond motifs is 1. The number of nitro groups is 1. The van der Waals surface area contributed by atoms with Gasteiger partial charge in [0, 0.05) is 16.5 Å². The van der Waals surface area contributed by atoms with Crippen molar-refractivity contribution in [2.75, 3.05) is 0 Å². The van der Waals surface area contributed by atoms with Gasteiger partial charge in [0.05, 0.1) is 15.4 Å². The fourth-order valence-electron chi connectivity index (χ4n) is 2.14. The first-order chi connectivity index (χ1) is 10.1. The van der Waals surface area contributed by atoms with E-state index in [0.29, 0.717) is 14.7 Å². The summed E-state index contributed by atoms with van der Waals surface area (Å²) in [5, 5.41) is 23.1. The third kappa shape index (κ3) is 2.10. The molecule has 0 unspecified atom stereocenters. The molecule has 7 nitrogen and oxygen atoms in total. The molecule has 1 heterocycles. The van der Waals surface area contributed by atoms with Crippen molar-refractivity contribution in [3.63, 3.8) is 0 Å². The molecule has 21 heavy (non-hydrogen) atoms. The number of non-ortho nitro benzene ring substituents is 1. The summed E-state index contributed by atoms with van der Waals surface area (Å²) in [6.45, 7) is 0. The maximum Gasteiger partial charge on any atom is 0.292 e. The summed E-state index contributed by atoms with van der Waals surface area (Å²) < 4.78 is 1.07. The van der Waals surface area contributed by atoms with Crippen molar-refractivity contribution in [2.24, 2.45) is 0 Å². The van der Waals surface area contributed by atoms with Gasteiger partial charge in [-0.3, -0.25) is 10.1 Å². The van der Waals surface area contributed by atoms with Crippen molar-refractivity contribution in [1.82, 2.24) is 4.73 Å². The first kappa shape index (κ1) is 12.8. The number of rotatable bonds is 2. The van der Waals surface area contributed by atoms with Crippen molar-refractivity contribution >= 4 is 16.7 Å². The molecular formula is C14H9N3O4. The van der Waals surface area contributed by atoms with Crippen molar-refractivity contribution in [2.45, 2.75) is 0 Å². The van der Waals surface area contributed by atoms with E-state index in [1.54, 1.807) is 30.3 Å². The summed E-state index contributed by atoms with van der Waals surface area (Å²) in [5.74, 6) is 0. The summed E-state index contributed by atoms with van der Waals surface area (Å²) in [4.78, 5) is 22.2. The fraction of sp³-hybridized carbons (Fsp3) is 0. The van der Waals surface area contributed by atoms with Gasteiger partial charge in [0.25, 0.3) is 17.4 Å². The Kier molecular flexibility index (Phi) is 2.87. The molecule has 0 bridgehead atoms. The first-order valence-electron chi connectivity index (χ1n) is 6.07. The minimum absolute atomic E-state index is 0.0427. The highest BCUT2D eigenvalue weighted by Gasteiger charge is 2.17. The van der Waals surface area contributed by atoms with Crippen molar-refractivity contribution in [3.8, 4) is 11.3 Å². The van der Waals surface area contributed by atoms with Gasteiger partial charge in [-0.25, -0.2) is 0 Å². The Hall–Kier alpha value is -3.22. The van der Waals surface area contributed by atoms with Crippen LogP contribution in [0.25, 0.3) is 22.3 Å². The lowest BCUT2D eigenvalue weighted by Gasteiger charge is -2.16. The summed E-state index contributed by atoms with van der Waals surface area (Å²) in [7, 11) is 0. The minimum atomic E-state index is -0.611. The van der Waals surface area contributed by atoms with Crippen LogP contribution in [0.15, 0.2) is 54.7 Å². The summed E-state index contributed by atoms with van der Waals surface area (Å²) in [6.07, 6.45) is 1.12. The molecule has 0 aliphatic heterocycles. The molecule has 7 heteroatoms. The Labute approximate surface area is 118 Å². The fourth-order valence-corrected chi connectivity index (χ4v) is 2.14. The molecule has 0 amide bonds. The van der Waals surface area contributed by atoms with E-state index in [2.05, 4.69) is 0 Å². The van der Waals surface area contributed by atoms with Gasteiger partial charge in [0.2, 0.25) is 0 Å². The van der Waals surface area contributed by atoms with Gasteiger partial charge in [0.1, 0.15) is 11.2 Å². The highest BCUT2D eigenvalue weighted by atomic mass is 16.6. The number of hydrogen-bond acceptors (Lipinski definition) is 4. The van der Waals surface area contributed by atoms with Crippen LogP contribution in [0.1, 0.15) is 0 Å². The van der Waals surface area contributed by atoms with E-state index in [1.807, 2.05) is 0 Å². The second-order valence-corrected chi connectivity index (χ2v) is 4.43. The lowest BCUT2D eigenvalue weighted by molar-refractivity contribution is -0.464. The zero-order valence-electron chi connectivity index (χ0n) is 10.7. The average molecular weight is 283 g/mol. The number of hydrogen-bond donors (Lipinski definition) is 0. The van der Waals surface area contributed by atoms with Crippen LogP contribution in [-0.2, 0) is 0 Å². The van der Waals surface area contributed by atoms with Crippen LogP contribution in [0.5, 0.6) is 0 Å². The molecule has 3 aromatic rings. The summed E-state index contributed by atoms with van der Waals surface area (Å²) >= 11 is 0. The smallest absolute Gasteiger partial charge is 0.292 e. The Balaban J connectivity index is 2.33. The van der Waals surface area contributed by atoms with Crippen LogP contribution in [0.3, 0.4) is 0 Å². The topological polar surface area (TPSA) is 94.1 Å². The first-order valence-corrected chi connectivity index (χ1v) is 6.07. The van der Waals surface area contributed by atoms with Crippen LogP contribution in [0.4, 0.5) is 5.69 Å². The number of aromatic nitrogens is 2. The second kappa shape index (κ2) is 4.71. The van der Waals surface area contributed by atoms with Crippen LogP contribution in [0.2, 0.25) is 0 Å². The molecule has 0 aliphatic carbocycles. The van der Waals surface area contributed by atoms with Gasteiger partial charge < -0.3 is 9.94 Å². The van der Waals surface area contributed by atoms with Crippen molar-refractivity contribution in [1.29, 1.82) is 0 Å². The SMILES string of the molecule is O=[N+]([O-])c1ccc2c(c1)[n+](=O)cc(-c1ccccc1)n2[O-]. The summed E-state index contributed by atoms with van der Waals surface area (Å²) in [6, 6.07) is 12.3. The van der Waals surface area contributed by atoms with Gasteiger partial charge in [0.15, 0.2) is 0 Å². The number of nitrogens with zero attached hydrogens (tertiary/aromatic N) is 3. The largest absolute Gasteiger partial charge is 0.805 e. The standard InChI is InChI=1S/C14H9N3O4/c18-15-9-14(10-4-2-1-3-5-10)16(19)12-7-6-11(17(20)21)8-13(12)15/h1-9H.